The molecule has 0 atom stereocenters. The zero-order valence-corrected chi connectivity index (χ0v) is 14.7. The number of aliphatic carboxylic acids is 1. The maximum atomic E-state index is 12.2. The molecule has 0 saturated carbocycles. The fraction of sp³-hybridized carbons (Fsp3) is 0.263. The lowest BCUT2D eigenvalue weighted by molar-refractivity contribution is -0.139. The second kappa shape index (κ2) is 9.31. The minimum absolute atomic E-state index is 0.101. The van der Waals surface area contributed by atoms with Crippen LogP contribution in [0.4, 0.5) is 0 Å². The number of methoxy groups -OCH3 is 1. The van der Waals surface area contributed by atoms with Gasteiger partial charge in [-0.3, -0.25) is 4.79 Å². The van der Waals surface area contributed by atoms with Gasteiger partial charge in [-0.25, -0.2) is 4.79 Å². The van der Waals surface area contributed by atoms with Crippen molar-refractivity contribution >= 4 is 11.9 Å². The Labute approximate surface area is 151 Å². The first-order chi connectivity index (χ1) is 12.5. The molecular formula is C19H21NO6. The lowest BCUT2D eigenvalue weighted by atomic mass is 10.2. The second-order valence-electron chi connectivity index (χ2n) is 5.52. The highest BCUT2D eigenvalue weighted by Gasteiger charge is 2.12. The number of carboxylic acid groups (broad SMARTS) is 1. The van der Waals surface area contributed by atoms with Gasteiger partial charge >= 0.3 is 5.97 Å². The fourth-order valence-electron chi connectivity index (χ4n) is 2.19. The molecule has 1 amide bonds. The number of carboxylic acids is 1. The van der Waals surface area contributed by atoms with Crippen molar-refractivity contribution in [1.29, 1.82) is 0 Å². The molecule has 2 rings (SSSR count). The van der Waals surface area contributed by atoms with Crippen molar-refractivity contribution in [2.75, 3.05) is 27.4 Å². The number of carbonyl (C=O) groups is 2. The zero-order chi connectivity index (χ0) is 18.9. The van der Waals surface area contributed by atoms with Crippen molar-refractivity contribution in [3.05, 3.63) is 54.1 Å². The summed E-state index contributed by atoms with van der Waals surface area (Å²) in [5, 5.41) is 8.59. The Morgan fingerprint density at radius 3 is 2.23 bits per heavy atom. The van der Waals surface area contributed by atoms with Gasteiger partial charge in [-0.1, -0.05) is 24.3 Å². The van der Waals surface area contributed by atoms with Gasteiger partial charge in [0.2, 0.25) is 0 Å². The van der Waals surface area contributed by atoms with Crippen molar-refractivity contribution in [3.63, 3.8) is 0 Å². The van der Waals surface area contributed by atoms with E-state index < -0.39 is 12.6 Å². The first-order valence-electron chi connectivity index (χ1n) is 7.93. The highest BCUT2D eigenvalue weighted by Crippen LogP contribution is 2.25. The Morgan fingerprint density at radius 1 is 0.962 bits per heavy atom. The molecule has 1 N–H and O–H groups in total. The van der Waals surface area contributed by atoms with Gasteiger partial charge in [0.25, 0.3) is 5.91 Å². The predicted molar refractivity (Wildman–Crippen MR) is 94.5 cm³/mol. The number of carbonyl (C=O) groups excluding carboxylic acids is 1. The van der Waals surface area contributed by atoms with Crippen molar-refractivity contribution in [1.82, 2.24) is 4.90 Å². The summed E-state index contributed by atoms with van der Waals surface area (Å²) in [4.78, 5) is 24.3. The van der Waals surface area contributed by atoms with Crippen LogP contribution in [0.5, 0.6) is 17.2 Å². The van der Waals surface area contributed by atoms with Gasteiger partial charge in [0.1, 0.15) is 5.75 Å². The summed E-state index contributed by atoms with van der Waals surface area (Å²) in [6.07, 6.45) is 0. The second-order valence-corrected chi connectivity index (χ2v) is 5.52. The van der Waals surface area contributed by atoms with E-state index in [9.17, 15) is 9.59 Å². The maximum Gasteiger partial charge on any atom is 0.341 e. The number of hydrogen-bond acceptors (Lipinski definition) is 5. The van der Waals surface area contributed by atoms with Crippen LogP contribution >= 0.6 is 0 Å². The van der Waals surface area contributed by atoms with Crippen molar-refractivity contribution in [3.8, 4) is 17.2 Å². The van der Waals surface area contributed by atoms with Crippen LogP contribution in [0, 0.1) is 0 Å². The highest BCUT2D eigenvalue weighted by atomic mass is 16.5. The molecule has 0 aliphatic rings. The quantitative estimate of drug-likeness (QED) is 0.739. The molecule has 26 heavy (non-hydrogen) atoms. The average molecular weight is 359 g/mol. The predicted octanol–water partition coefficient (Wildman–Crippen LogP) is 2.20. The number of likely N-dealkylation sites (N-methyl/N-ethyl adjacent to an activating group) is 1. The van der Waals surface area contributed by atoms with E-state index in [0.717, 1.165) is 5.56 Å². The Kier molecular flexibility index (Phi) is 6.84. The number of benzene rings is 2. The van der Waals surface area contributed by atoms with Crippen LogP contribution in [-0.4, -0.2) is 49.3 Å². The summed E-state index contributed by atoms with van der Waals surface area (Å²) in [6, 6.07) is 14.0. The largest absolute Gasteiger partial charge is 0.493 e. The molecule has 0 aromatic heterocycles. The summed E-state index contributed by atoms with van der Waals surface area (Å²) in [5.41, 5.74) is 0.890. The van der Waals surface area contributed by atoms with Crippen LogP contribution < -0.4 is 14.2 Å². The molecular weight excluding hydrogens is 338 g/mol. The van der Waals surface area contributed by atoms with Gasteiger partial charge in [0.05, 0.1) is 7.11 Å². The van der Waals surface area contributed by atoms with E-state index >= 15 is 0 Å². The van der Waals surface area contributed by atoms with Crippen LogP contribution in [-0.2, 0) is 16.1 Å². The number of para-hydroxylation sites is 2. The molecule has 0 heterocycles. The van der Waals surface area contributed by atoms with Gasteiger partial charge in [-0.2, -0.15) is 0 Å². The minimum Gasteiger partial charge on any atom is -0.493 e. The first-order valence-corrected chi connectivity index (χ1v) is 7.93. The van der Waals surface area contributed by atoms with Gasteiger partial charge in [0.15, 0.2) is 24.7 Å². The van der Waals surface area contributed by atoms with Crippen LogP contribution in [0.1, 0.15) is 5.56 Å². The average Bonchev–Trinajstić information content (AvgIpc) is 2.65. The molecule has 138 valence electrons. The lowest BCUT2D eigenvalue weighted by Gasteiger charge is -2.18. The normalized spacial score (nSPS) is 10.1. The third-order valence-corrected chi connectivity index (χ3v) is 3.55. The van der Waals surface area contributed by atoms with Gasteiger partial charge in [-0.15, -0.1) is 0 Å². The van der Waals surface area contributed by atoms with Crippen LogP contribution in [0.25, 0.3) is 0 Å². The molecule has 0 aliphatic carbocycles. The number of nitrogens with zero attached hydrogens (tertiary/aromatic N) is 1. The number of rotatable bonds is 9. The Hall–Kier alpha value is -3.22. The lowest BCUT2D eigenvalue weighted by Crippen LogP contribution is -2.31. The van der Waals surface area contributed by atoms with Gasteiger partial charge in [-0.05, 0) is 29.8 Å². The Balaban J connectivity index is 1.85. The van der Waals surface area contributed by atoms with E-state index in [2.05, 4.69) is 0 Å². The van der Waals surface area contributed by atoms with Crippen molar-refractivity contribution < 1.29 is 28.9 Å². The Morgan fingerprint density at radius 2 is 1.62 bits per heavy atom. The molecule has 0 fully saturated rings. The fourth-order valence-corrected chi connectivity index (χ4v) is 2.19. The molecule has 7 heteroatoms. The molecule has 7 nitrogen and oxygen atoms in total. The molecule has 0 unspecified atom stereocenters. The monoisotopic (exact) mass is 359 g/mol. The minimum atomic E-state index is -1.03. The highest BCUT2D eigenvalue weighted by molar-refractivity contribution is 5.77. The summed E-state index contributed by atoms with van der Waals surface area (Å²) in [7, 11) is 3.22. The van der Waals surface area contributed by atoms with Crippen LogP contribution in [0.15, 0.2) is 48.5 Å². The first kappa shape index (κ1) is 19.1. The molecule has 0 saturated heterocycles. The van der Waals surface area contributed by atoms with Crippen molar-refractivity contribution in [2.24, 2.45) is 0 Å². The smallest absolute Gasteiger partial charge is 0.341 e. The summed E-state index contributed by atoms with van der Waals surface area (Å²) in [5.74, 6) is 0.331. The maximum absolute atomic E-state index is 12.2. The molecule has 0 bridgehead atoms. The van der Waals surface area contributed by atoms with Gasteiger partial charge < -0.3 is 24.2 Å². The van der Waals surface area contributed by atoms with E-state index in [1.807, 2.05) is 6.07 Å². The zero-order valence-electron chi connectivity index (χ0n) is 14.7. The molecule has 0 radical (unpaired) electrons. The van der Waals surface area contributed by atoms with E-state index in [1.54, 1.807) is 61.5 Å². The summed E-state index contributed by atoms with van der Waals surface area (Å²) < 4.78 is 15.8. The van der Waals surface area contributed by atoms with E-state index in [1.165, 1.54) is 0 Å². The van der Waals surface area contributed by atoms with Crippen LogP contribution in [0.3, 0.4) is 0 Å². The number of amides is 1. The summed E-state index contributed by atoms with van der Waals surface area (Å²) >= 11 is 0. The number of ether oxygens (including phenoxy) is 3. The number of hydrogen-bond donors (Lipinski definition) is 1. The molecule has 2 aromatic carbocycles. The molecule has 0 aliphatic heterocycles. The topological polar surface area (TPSA) is 85.3 Å². The van der Waals surface area contributed by atoms with E-state index in [-0.39, 0.29) is 12.5 Å². The van der Waals surface area contributed by atoms with Gasteiger partial charge in [0, 0.05) is 13.6 Å². The SMILES string of the molecule is COc1ccccc1OCC(=O)N(C)Cc1ccc(OCC(=O)O)cc1. The standard InChI is InChI=1S/C19H21NO6/c1-20(11-14-7-9-15(10-8-14)25-13-19(22)23)18(21)12-26-17-6-4-3-5-16(17)24-2/h3-10H,11-13H2,1-2H3,(H,22,23). The third-order valence-electron chi connectivity index (χ3n) is 3.55. The van der Waals surface area contributed by atoms with E-state index in [0.29, 0.717) is 23.8 Å². The molecule has 0 spiro atoms. The Bertz CT molecular complexity index is 744. The van der Waals surface area contributed by atoms with Crippen molar-refractivity contribution in [2.45, 2.75) is 6.54 Å². The third kappa shape index (κ3) is 5.70. The summed E-state index contributed by atoms with van der Waals surface area (Å²) in [6.45, 7) is -0.0952. The van der Waals surface area contributed by atoms with Crippen LogP contribution in [0.2, 0.25) is 0 Å². The van der Waals surface area contributed by atoms with E-state index in [4.69, 9.17) is 19.3 Å². The molecule has 2 aromatic rings.